The van der Waals surface area contributed by atoms with E-state index < -0.39 is 24.1 Å². The summed E-state index contributed by atoms with van der Waals surface area (Å²) >= 11 is 0. The first-order chi connectivity index (χ1) is 16.3. The molecule has 2 aromatic rings. The van der Waals surface area contributed by atoms with Crippen molar-refractivity contribution >= 4 is 24.1 Å². The van der Waals surface area contributed by atoms with Gasteiger partial charge in [-0.3, -0.25) is 0 Å². The molecule has 0 unspecified atom stereocenters. The molecule has 2 aromatic carbocycles. The fourth-order valence-corrected chi connectivity index (χ4v) is 2.32. The van der Waals surface area contributed by atoms with Crippen molar-refractivity contribution in [2.75, 3.05) is 40.4 Å². The minimum Gasteiger partial charge on any atom is -0.461 e. The highest BCUT2D eigenvalue weighted by molar-refractivity contribution is 5.91. The number of likely N-dealkylation sites (N-methyl/N-ethyl adjacent to an activating group) is 2. The predicted molar refractivity (Wildman–Crippen MR) is 121 cm³/mol. The summed E-state index contributed by atoms with van der Waals surface area (Å²) in [5, 5.41) is 0. The van der Waals surface area contributed by atoms with Gasteiger partial charge in [-0.05, 0) is 24.3 Å². The minimum atomic E-state index is -0.773. The molecule has 0 bridgehead atoms. The summed E-state index contributed by atoms with van der Waals surface area (Å²) in [4.78, 5) is 49.8. The lowest BCUT2D eigenvalue weighted by Gasteiger charge is -2.16. The van der Waals surface area contributed by atoms with Crippen LogP contribution in [-0.2, 0) is 19.1 Å². The normalized spacial score (nSPS) is 10.3. The van der Waals surface area contributed by atoms with Crippen molar-refractivity contribution in [2.45, 2.75) is 0 Å². The number of carbonyl (C=O) groups is 4. The Kier molecular flexibility index (Phi) is 10.6. The van der Waals surface area contributed by atoms with Crippen LogP contribution in [0.5, 0.6) is 11.5 Å². The molecule has 0 spiro atoms. The number of hydrogen-bond donors (Lipinski definition) is 0. The van der Waals surface area contributed by atoms with Gasteiger partial charge in [-0.15, -0.1) is 0 Å². The fraction of sp³-hybridized carbons (Fsp3) is 0.250. The quantitative estimate of drug-likeness (QED) is 0.385. The van der Waals surface area contributed by atoms with E-state index in [2.05, 4.69) is 0 Å². The maximum Gasteiger partial charge on any atom is 0.415 e. The first-order valence-corrected chi connectivity index (χ1v) is 10.3. The molecule has 0 aliphatic heterocycles. The van der Waals surface area contributed by atoms with Crippen LogP contribution >= 0.6 is 0 Å². The van der Waals surface area contributed by atoms with Gasteiger partial charge in [0.15, 0.2) is 0 Å². The Morgan fingerprint density at radius 2 is 1.00 bits per heavy atom. The molecule has 0 heterocycles. The van der Waals surface area contributed by atoms with Crippen LogP contribution in [-0.4, -0.2) is 74.3 Å². The van der Waals surface area contributed by atoms with Gasteiger partial charge in [0.1, 0.15) is 24.7 Å². The number of rotatable bonds is 10. The molecule has 0 fully saturated rings. The van der Waals surface area contributed by atoms with Crippen LogP contribution in [0.3, 0.4) is 0 Å². The van der Waals surface area contributed by atoms with E-state index in [1.54, 1.807) is 60.7 Å². The van der Waals surface area contributed by atoms with Gasteiger partial charge >= 0.3 is 24.1 Å². The molecule has 10 nitrogen and oxygen atoms in total. The van der Waals surface area contributed by atoms with Gasteiger partial charge in [0.2, 0.25) is 0 Å². The van der Waals surface area contributed by atoms with E-state index in [9.17, 15) is 19.2 Å². The molecule has 0 saturated heterocycles. The van der Waals surface area contributed by atoms with Gasteiger partial charge in [0.25, 0.3) is 0 Å². The topological polar surface area (TPSA) is 112 Å². The largest absolute Gasteiger partial charge is 0.461 e. The number of carbonyl (C=O) groups excluding carboxylic acids is 4. The summed E-state index contributed by atoms with van der Waals surface area (Å²) in [6.45, 7) is 0.0160. The zero-order valence-corrected chi connectivity index (χ0v) is 18.9. The lowest BCUT2D eigenvalue weighted by Crippen LogP contribution is -2.33. The molecule has 0 aromatic heterocycles. The molecule has 0 atom stereocenters. The SMILES string of the molecule is CN(CCOC(=O)/C=C/C(=O)OCCN(C)C(=O)Oc1ccccc1)C(=O)Oc1ccccc1. The fourth-order valence-electron chi connectivity index (χ4n) is 2.32. The van der Waals surface area contributed by atoms with E-state index in [4.69, 9.17) is 18.9 Å². The molecule has 2 amide bonds. The van der Waals surface area contributed by atoms with Gasteiger partial charge < -0.3 is 28.7 Å². The van der Waals surface area contributed by atoms with Crippen molar-refractivity contribution in [2.24, 2.45) is 0 Å². The van der Waals surface area contributed by atoms with Gasteiger partial charge in [0, 0.05) is 26.2 Å². The average Bonchev–Trinajstić information content (AvgIpc) is 2.83. The van der Waals surface area contributed by atoms with Gasteiger partial charge in [0.05, 0.1) is 13.1 Å². The van der Waals surface area contributed by atoms with Gasteiger partial charge in [-0.25, -0.2) is 19.2 Å². The summed E-state index contributed by atoms with van der Waals surface area (Å²) in [6.07, 6.45) is 0.633. The van der Waals surface area contributed by atoms with Gasteiger partial charge in [-0.1, -0.05) is 36.4 Å². The molecular weight excluding hydrogens is 444 g/mol. The number of para-hydroxylation sites is 2. The van der Waals surface area contributed by atoms with E-state index in [0.717, 1.165) is 12.2 Å². The number of nitrogens with zero attached hydrogens (tertiary/aromatic N) is 2. The minimum absolute atomic E-state index is 0.0903. The van der Waals surface area contributed by atoms with Crippen LogP contribution in [0.1, 0.15) is 0 Å². The molecule has 180 valence electrons. The highest BCUT2D eigenvalue weighted by Gasteiger charge is 2.13. The van der Waals surface area contributed by atoms with Crippen molar-refractivity contribution in [3.63, 3.8) is 0 Å². The lowest BCUT2D eigenvalue weighted by atomic mass is 10.3. The Bertz CT molecular complexity index is 899. The van der Waals surface area contributed by atoms with Crippen molar-refractivity contribution < 1.29 is 38.1 Å². The number of hydrogen-bond acceptors (Lipinski definition) is 8. The zero-order chi connectivity index (χ0) is 24.8. The Morgan fingerprint density at radius 3 is 1.35 bits per heavy atom. The molecule has 0 radical (unpaired) electrons. The Labute approximate surface area is 197 Å². The van der Waals surface area contributed by atoms with Crippen molar-refractivity contribution in [1.82, 2.24) is 9.80 Å². The summed E-state index contributed by atoms with van der Waals surface area (Å²) in [6, 6.07) is 17.1. The second-order valence-electron chi connectivity index (χ2n) is 6.87. The van der Waals surface area contributed by atoms with Crippen LogP contribution in [0.4, 0.5) is 9.59 Å². The third kappa shape index (κ3) is 9.86. The van der Waals surface area contributed by atoms with E-state index in [0.29, 0.717) is 11.5 Å². The lowest BCUT2D eigenvalue weighted by molar-refractivity contribution is -0.140. The highest BCUT2D eigenvalue weighted by atomic mass is 16.6. The molecule has 10 heteroatoms. The van der Waals surface area contributed by atoms with E-state index in [1.165, 1.54) is 23.9 Å². The Balaban J connectivity index is 1.59. The van der Waals surface area contributed by atoms with Crippen LogP contribution < -0.4 is 9.47 Å². The number of ether oxygens (including phenoxy) is 4. The number of benzene rings is 2. The third-order valence-electron chi connectivity index (χ3n) is 4.22. The number of esters is 2. The van der Waals surface area contributed by atoms with E-state index >= 15 is 0 Å². The number of amides is 2. The van der Waals surface area contributed by atoms with Crippen LogP contribution in [0.15, 0.2) is 72.8 Å². The Morgan fingerprint density at radius 1 is 0.647 bits per heavy atom. The monoisotopic (exact) mass is 470 g/mol. The van der Waals surface area contributed by atoms with Crippen molar-refractivity contribution in [1.29, 1.82) is 0 Å². The van der Waals surface area contributed by atoms with Crippen LogP contribution in [0.25, 0.3) is 0 Å². The average molecular weight is 470 g/mol. The molecule has 2 rings (SSSR count). The van der Waals surface area contributed by atoms with Crippen LogP contribution in [0.2, 0.25) is 0 Å². The zero-order valence-electron chi connectivity index (χ0n) is 18.9. The molecule has 0 saturated carbocycles. The molecule has 0 aliphatic carbocycles. The summed E-state index contributed by atoms with van der Waals surface area (Å²) in [5.41, 5.74) is 0. The van der Waals surface area contributed by atoms with E-state index in [1.807, 2.05) is 0 Å². The molecule has 34 heavy (non-hydrogen) atoms. The first-order valence-electron chi connectivity index (χ1n) is 10.3. The van der Waals surface area contributed by atoms with Gasteiger partial charge in [-0.2, -0.15) is 0 Å². The summed E-state index contributed by atoms with van der Waals surface area (Å²) in [5.74, 6) is -0.746. The summed E-state index contributed by atoms with van der Waals surface area (Å²) in [7, 11) is 3.00. The van der Waals surface area contributed by atoms with Crippen LogP contribution in [0, 0.1) is 0 Å². The second kappa shape index (κ2) is 13.9. The smallest absolute Gasteiger partial charge is 0.415 e. The molecular formula is C24H26N2O8. The second-order valence-corrected chi connectivity index (χ2v) is 6.87. The maximum atomic E-state index is 11.9. The highest BCUT2D eigenvalue weighted by Crippen LogP contribution is 2.10. The maximum absolute atomic E-state index is 11.9. The third-order valence-corrected chi connectivity index (χ3v) is 4.22. The first kappa shape index (κ1) is 25.9. The van der Waals surface area contributed by atoms with E-state index in [-0.39, 0.29) is 26.3 Å². The Hall–Kier alpha value is -4.34. The molecule has 0 N–H and O–H groups in total. The molecule has 0 aliphatic rings. The summed E-state index contributed by atoms with van der Waals surface area (Å²) < 4.78 is 20.2. The van der Waals surface area contributed by atoms with Crippen molar-refractivity contribution in [3.05, 3.63) is 72.8 Å². The van der Waals surface area contributed by atoms with Crippen molar-refractivity contribution in [3.8, 4) is 11.5 Å². The predicted octanol–water partition coefficient (Wildman–Crippen LogP) is 2.89. The standard InChI is InChI=1S/C24H26N2O8/c1-25(23(29)33-19-9-5-3-6-10-19)15-17-31-21(27)13-14-22(28)32-18-16-26(2)24(30)34-20-11-7-4-8-12-20/h3-14H,15-18H2,1-2H3/b14-13+.